The molecule has 2 aromatic heterocycles. The van der Waals surface area contributed by atoms with Gasteiger partial charge in [0, 0.05) is 35.1 Å². The minimum atomic E-state index is -3.56. The van der Waals surface area contributed by atoms with Gasteiger partial charge in [0.25, 0.3) is 0 Å². The summed E-state index contributed by atoms with van der Waals surface area (Å²) in [6.07, 6.45) is 2.87. The Bertz CT molecular complexity index is 1220. The molecule has 3 aromatic rings. The molecule has 0 radical (unpaired) electrons. The topological polar surface area (TPSA) is 90.2 Å². The maximum Gasteiger partial charge on any atom is 0.219 e. The Morgan fingerprint density at radius 2 is 1.94 bits per heavy atom. The van der Waals surface area contributed by atoms with Gasteiger partial charge in [-0.15, -0.1) is 0 Å². The molecule has 0 saturated carbocycles. The lowest BCUT2D eigenvalue weighted by Gasteiger charge is -2.12. The van der Waals surface area contributed by atoms with Gasteiger partial charge in [0.15, 0.2) is 10.8 Å². The van der Waals surface area contributed by atoms with E-state index in [1.54, 1.807) is 10.7 Å². The quantitative estimate of drug-likeness (QED) is 0.160. The number of sulfonamides is 1. The Hall–Kier alpha value is -1.50. The molecule has 0 saturated heterocycles. The Balaban J connectivity index is 2.13. The first-order valence-electron chi connectivity index (χ1n) is 10.7. The fourth-order valence-corrected chi connectivity index (χ4v) is 5.69. The molecule has 180 valence electrons. The second-order valence-corrected chi connectivity index (χ2v) is 15.0. The van der Waals surface area contributed by atoms with E-state index < -0.39 is 18.8 Å². The third-order valence-electron chi connectivity index (χ3n) is 5.12. The fourth-order valence-electron chi connectivity index (χ4n) is 3.29. The van der Waals surface area contributed by atoms with Crippen LogP contribution in [0.3, 0.4) is 0 Å². The van der Waals surface area contributed by atoms with Crippen molar-refractivity contribution in [2.24, 2.45) is 0 Å². The Morgan fingerprint density at radius 3 is 2.58 bits per heavy atom. The molecule has 2 heterocycles. The van der Waals surface area contributed by atoms with E-state index in [1.807, 2.05) is 24.5 Å². The summed E-state index contributed by atoms with van der Waals surface area (Å²) in [5.74, 6) is -0.268. The van der Waals surface area contributed by atoms with Crippen molar-refractivity contribution < 1.29 is 13.2 Å². The van der Waals surface area contributed by atoms with E-state index in [9.17, 15) is 8.42 Å². The first-order valence-corrected chi connectivity index (χ1v) is 17.0. The number of benzene rings is 1. The molecular weight excluding hydrogens is 498 g/mol. The second-order valence-electron chi connectivity index (χ2n) is 8.30. The van der Waals surface area contributed by atoms with Crippen LogP contribution in [0.4, 0.5) is 0 Å². The number of hydrogen-bond acceptors (Lipinski definition) is 7. The van der Waals surface area contributed by atoms with Crippen molar-refractivity contribution in [2.75, 3.05) is 27.0 Å². The monoisotopic (exact) mass is 527 g/mol. The molecule has 0 N–H and O–H groups in total. The summed E-state index contributed by atoms with van der Waals surface area (Å²) < 4.78 is 34.3. The van der Waals surface area contributed by atoms with Gasteiger partial charge in [0.2, 0.25) is 10.0 Å². The fraction of sp³-hybridized carbons (Fsp3) is 0.476. The van der Waals surface area contributed by atoms with Crippen LogP contribution in [0.2, 0.25) is 24.2 Å². The van der Waals surface area contributed by atoms with Crippen molar-refractivity contribution >= 4 is 53.2 Å². The van der Waals surface area contributed by atoms with Crippen molar-refractivity contribution in [3.05, 3.63) is 35.0 Å². The summed E-state index contributed by atoms with van der Waals surface area (Å²) in [6, 6.07) is 8.56. The largest absolute Gasteiger partial charge is 0.359 e. The number of thioether (sulfide) groups is 1. The maximum atomic E-state index is 12.7. The van der Waals surface area contributed by atoms with Crippen LogP contribution in [0.1, 0.15) is 12.1 Å². The molecule has 0 fully saturated rings. The zero-order valence-corrected chi connectivity index (χ0v) is 23.1. The summed E-state index contributed by atoms with van der Waals surface area (Å²) in [7, 11) is -1.16. The summed E-state index contributed by atoms with van der Waals surface area (Å²) in [5, 5.41) is 6.33. The van der Waals surface area contributed by atoms with E-state index in [2.05, 4.69) is 23.1 Å². The highest BCUT2D eigenvalue weighted by Gasteiger charge is 2.25. The van der Waals surface area contributed by atoms with Gasteiger partial charge in [0.1, 0.15) is 18.2 Å². The van der Waals surface area contributed by atoms with Crippen molar-refractivity contribution in [1.29, 1.82) is 0 Å². The smallest absolute Gasteiger partial charge is 0.219 e. The van der Waals surface area contributed by atoms with E-state index in [0.29, 0.717) is 44.8 Å². The third kappa shape index (κ3) is 6.34. The van der Waals surface area contributed by atoms with E-state index >= 15 is 0 Å². The molecule has 3 rings (SSSR count). The zero-order chi connectivity index (χ0) is 24.2. The summed E-state index contributed by atoms with van der Waals surface area (Å²) in [5.41, 5.74) is 2.17. The van der Waals surface area contributed by atoms with Crippen LogP contribution in [0, 0.1) is 0 Å². The van der Waals surface area contributed by atoms with E-state index in [1.165, 1.54) is 36.2 Å². The number of halogens is 1. The van der Waals surface area contributed by atoms with Crippen LogP contribution in [0.5, 0.6) is 0 Å². The summed E-state index contributed by atoms with van der Waals surface area (Å²) >= 11 is 7.84. The number of hydrogen-bond donors (Lipinski definition) is 0. The lowest BCUT2D eigenvalue weighted by atomic mass is 10.1. The van der Waals surface area contributed by atoms with Crippen LogP contribution in [0.15, 0.2) is 29.4 Å². The standard InChI is InChI=1S/C21H30ClN5O3S2Si/c1-26(2)32(28,29)13-17-18-19(15-9-6-7-10-16(15)22)25-27(14-30-11-8-12-33(4)5)20(18)24-21(23-17)31-3/h6-7,9-10,33H,8,11-14H2,1-5H3. The van der Waals surface area contributed by atoms with Gasteiger partial charge >= 0.3 is 0 Å². The first kappa shape index (κ1) is 26.1. The molecule has 0 aliphatic carbocycles. The van der Waals surface area contributed by atoms with Crippen molar-refractivity contribution in [3.63, 3.8) is 0 Å². The van der Waals surface area contributed by atoms with Crippen molar-refractivity contribution in [1.82, 2.24) is 24.1 Å². The number of rotatable bonds is 11. The maximum absolute atomic E-state index is 12.7. The average molecular weight is 528 g/mol. The molecule has 12 heteroatoms. The van der Waals surface area contributed by atoms with Crippen LogP contribution < -0.4 is 0 Å². The molecule has 0 aliphatic rings. The van der Waals surface area contributed by atoms with Gasteiger partial charge in [-0.2, -0.15) is 5.10 Å². The minimum absolute atomic E-state index is 0.214. The normalized spacial score (nSPS) is 12.4. The minimum Gasteiger partial charge on any atom is -0.359 e. The average Bonchev–Trinajstić information content (AvgIpc) is 3.11. The van der Waals surface area contributed by atoms with Gasteiger partial charge in [-0.25, -0.2) is 27.4 Å². The predicted molar refractivity (Wildman–Crippen MR) is 138 cm³/mol. The SMILES string of the molecule is CSc1nc(CS(=O)(=O)N(C)C)c2c(-c3ccccc3Cl)nn(COCCC[SiH](C)C)c2n1. The van der Waals surface area contributed by atoms with Crippen LogP contribution in [-0.2, 0) is 27.2 Å². The van der Waals surface area contributed by atoms with Crippen LogP contribution in [0.25, 0.3) is 22.3 Å². The van der Waals surface area contributed by atoms with Gasteiger partial charge in [0.05, 0.1) is 16.1 Å². The Labute approximate surface area is 206 Å². The molecule has 0 amide bonds. The van der Waals surface area contributed by atoms with Gasteiger partial charge in [-0.1, -0.05) is 60.7 Å². The number of ether oxygens (including phenoxy) is 1. The molecule has 0 bridgehead atoms. The molecule has 0 aliphatic heterocycles. The predicted octanol–water partition coefficient (Wildman–Crippen LogP) is 4.11. The lowest BCUT2D eigenvalue weighted by molar-refractivity contribution is 0.0719. The number of aromatic nitrogens is 4. The zero-order valence-electron chi connectivity index (χ0n) is 19.6. The number of fused-ring (bicyclic) bond motifs is 1. The third-order valence-corrected chi connectivity index (χ3v) is 9.31. The Morgan fingerprint density at radius 1 is 1.21 bits per heavy atom. The molecule has 0 atom stereocenters. The molecule has 8 nitrogen and oxygen atoms in total. The highest BCUT2D eigenvalue weighted by atomic mass is 35.5. The molecule has 0 unspecified atom stereocenters. The van der Waals surface area contributed by atoms with Gasteiger partial charge in [-0.3, -0.25) is 0 Å². The highest BCUT2D eigenvalue weighted by Crippen LogP contribution is 2.35. The number of nitrogens with zero attached hydrogens (tertiary/aromatic N) is 5. The highest BCUT2D eigenvalue weighted by molar-refractivity contribution is 7.98. The van der Waals surface area contributed by atoms with E-state index in [-0.39, 0.29) is 12.5 Å². The van der Waals surface area contributed by atoms with Gasteiger partial charge in [-0.05, 0) is 18.7 Å². The molecule has 33 heavy (non-hydrogen) atoms. The molecular formula is C21H30ClN5O3S2Si. The van der Waals surface area contributed by atoms with E-state index in [4.69, 9.17) is 21.4 Å². The molecule has 0 spiro atoms. The first-order chi connectivity index (χ1) is 15.6. The van der Waals surface area contributed by atoms with Crippen molar-refractivity contribution in [3.8, 4) is 11.3 Å². The Kier molecular flexibility index (Phi) is 8.93. The lowest BCUT2D eigenvalue weighted by Crippen LogP contribution is -2.24. The van der Waals surface area contributed by atoms with Crippen LogP contribution in [-0.4, -0.2) is 68.2 Å². The second kappa shape index (κ2) is 11.3. The van der Waals surface area contributed by atoms with E-state index in [0.717, 1.165) is 6.42 Å². The van der Waals surface area contributed by atoms with Crippen molar-refractivity contribution in [2.45, 2.75) is 43.2 Å². The van der Waals surface area contributed by atoms with Gasteiger partial charge < -0.3 is 4.74 Å². The molecule has 1 aromatic carbocycles. The summed E-state index contributed by atoms with van der Waals surface area (Å²) in [4.78, 5) is 9.22. The van der Waals surface area contributed by atoms with Crippen LogP contribution >= 0.6 is 23.4 Å². The summed E-state index contributed by atoms with van der Waals surface area (Å²) in [6.45, 7) is 5.49.